The highest BCUT2D eigenvalue weighted by Gasteiger charge is 2.46. The number of hydrogen-bond donors (Lipinski definition) is 2. The molecule has 0 bridgehead atoms. The zero-order valence-electron chi connectivity index (χ0n) is 19.2. The van der Waals surface area contributed by atoms with Gasteiger partial charge >= 0.3 is 0 Å². The number of hydrogen-bond acceptors (Lipinski definition) is 6. The van der Waals surface area contributed by atoms with E-state index in [-0.39, 0.29) is 17.4 Å². The van der Waals surface area contributed by atoms with Crippen LogP contribution in [0.5, 0.6) is 0 Å². The lowest BCUT2D eigenvalue weighted by molar-refractivity contribution is -0.122. The van der Waals surface area contributed by atoms with Crippen LogP contribution in [-0.2, 0) is 21.5 Å². The van der Waals surface area contributed by atoms with Gasteiger partial charge in [-0.25, -0.2) is 4.98 Å². The SMILES string of the molecule is CC[C@H](C)N1C(=O)C(C)(C)c2cnc(Nc3ccc(CNCC4(C)COC4)cc3)nc21. The van der Waals surface area contributed by atoms with Crippen LogP contribution >= 0.6 is 0 Å². The smallest absolute Gasteiger partial charge is 0.238 e. The molecule has 1 aromatic carbocycles. The van der Waals surface area contributed by atoms with Gasteiger partial charge in [0.05, 0.1) is 18.6 Å². The fourth-order valence-corrected chi connectivity index (χ4v) is 4.06. The number of aromatic nitrogens is 2. The summed E-state index contributed by atoms with van der Waals surface area (Å²) in [5, 5.41) is 6.79. The van der Waals surface area contributed by atoms with Crippen molar-refractivity contribution < 1.29 is 9.53 Å². The molecule has 3 heterocycles. The maximum atomic E-state index is 13.0. The van der Waals surface area contributed by atoms with Crippen molar-refractivity contribution in [1.82, 2.24) is 15.3 Å². The number of fused-ring (bicyclic) bond motifs is 1. The number of carbonyl (C=O) groups is 1. The monoisotopic (exact) mass is 423 g/mol. The van der Waals surface area contributed by atoms with Gasteiger partial charge < -0.3 is 15.4 Å². The van der Waals surface area contributed by atoms with E-state index < -0.39 is 5.41 Å². The van der Waals surface area contributed by atoms with E-state index in [4.69, 9.17) is 9.72 Å². The Morgan fingerprint density at radius 1 is 1.19 bits per heavy atom. The van der Waals surface area contributed by atoms with E-state index in [1.54, 1.807) is 6.20 Å². The van der Waals surface area contributed by atoms with Gasteiger partial charge in [-0.3, -0.25) is 9.69 Å². The van der Waals surface area contributed by atoms with E-state index >= 15 is 0 Å². The van der Waals surface area contributed by atoms with Gasteiger partial charge in [-0.15, -0.1) is 0 Å². The van der Waals surface area contributed by atoms with Crippen molar-refractivity contribution in [1.29, 1.82) is 0 Å². The maximum absolute atomic E-state index is 13.0. The van der Waals surface area contributed by atoms with Gasteiger partial charge in [-0.1, -0.05) is 26.0 Å². The molecule has 2 aromatic rings. The van der Waals surface area contributed by atoms with Gasteiger partial charge in [0.2, 0.25) is 11.9 Å². The van der Waals surface area contributed by atoms with E-state index in [1.165, 1.54) is 5.56 Å². The molecule has 0 radical (unpaired) electrons. The summed E-state index contributed by atoms with van der Waals surface area (Å²) < 4.78 is 5.30. The third kappa shape index (κ3) is 4.16. The van der Waals surface area contributed by atoms with Gasteiger partial charge in [0, 0.05) is 42.0 Å². The molecule has 0 spiro atoms. The summed E-state index contributed by atoms with van der Waals surface area (Å²) in [5.41, 5.74) is 2.69. The summed E-state index contributed by atoms with van der Waals surface area (Å²) in [6.45, 7) is 13.7. The van der Waals surface area contributed by atoms with Gasteiger partial charge in [0.1, 0.15) is 5.82 Å². The first-order chi connectivity index (χ1) is 14.7. The molecule has 7 nitrogen and oxygen atoms in total. The molecule has 1 fully saturated rings. The number of nitrogens with zero attached hydrogens (tertiary/aromatic N) is 3. The van der Waals surface area contributed by atoms with Crippen LogP contribution in [0.25, 0.3) is 0 Å². The van der Waals surface area contributed by atoms with Crippen molar-refractivity contribution in [2.24, 2.45) is 5.41 Å². The minimum absolute atomic E-state index is 0.0856. The van der Waals surface area contributed by atoms with E-state index in [0.29, 0.717) is 5.95 Å². The number of carbonyl (C=O) groups excluding carboxylic acids is 1. The lowest BCUT2D eigenvalue weighted by Crippen LogP contribution is -2.47. The van der Waals surface area contributed by atoms with E-state index in [2.05, 4.69) is 48.5 Å². The lowest BCUT2D eigenvalue weighted by Gasteiger charge is -2.38. The normalized spacial score (nSPS) is 19.6. The third-order valence-corrected chi connectivity index (χ3v) is 6.45. The van der Waals surface area contributed by atoms with Crippen LogP contribution in [0.4, 0.5) is 17.5 Å². The van der Waals surface area contributed by atoms with Gasteiger partial charge in [0.15, 0.2) is 0 Å². The van der Waals surface area contributed by atoms with Crippen molar-refractivity contribution in [3.05, 3.63) is 41.6 Å². The summed E-state index contributed by atoms with van der Waals surface area (Å²) in [7, 11) is 0. The van der Waals surface area contributed by atoms with Crippen molar-refractivity contribution in [3.63, 3.8) is 0 Å². The number of anilines is 3. The topological polar surface area (TPSA) is 79.4 Å². The van der Waals surface area contributed by atoms with E-state index in [9.17, 15) is 4.79 Å². The molecule has 2 aliphatic rings. The zero-order chi connectivity index (χ0) is 22.2. The first-order valence-corrected chi connectivity index (χ1v) is 11.1. The third-order valence-electron chi connectivity index (χ3n) is 6.45. The lowest BCUT2D eigenvalue weighted by atomic mass is 9.88. The number of rotatable bonds is 8. The van der Waals surface area contributed by atoms with Crippen LogP contribution in [0, 0.1) is 5.41 Å². The molecule has 31 heavy (non-hydrogen) atoms. The van der Waals surface area contributed by atoms with Crippen LogP contribution in [0.2, 0.25) is 0 Å². The van der Waals surface area contributed by atoms with Crippen LogP contribution in [0.1, 0.15) is 52.2 Å². The Balaban J connectivity index is 1.44. The molecule has 0 aliphatic carbocycles. The number of benzene rings is 1. The van der Waals surface area contributed by atoms with Crippen molar-refractivity contribution in [2.75, 3.05) is 30.0 Å². The van der Waals surface area contributed by atoms with Gasteiger partial charge in [-0.2, -0.15) is 4.98 Å². The first kappa shape index (κ1) is 21.7. The van der Waals surface area contributed by atoms with Crippen molar-refractivity contribution >= 4 is 23.4 Å². The summed E-state index contributed by atoms with van der Waals surface area (Å²) >= 11 is 0. The summed E-state index contributed by atoms with van der Waals surface area (Å²) in [4.78, 5) is 24.0. The van der Waals surface area contributed by atoms with E-state index in [1.807, 2.05) is 30.9 Å². The minimum Gasteiger partial charge on any atom is -0.380 e. The highest BCUT2D eigenvalue weighted by molar-refractivity contribution is 6.07. The molecule has 166 valence electrons. The predicted molar refractivity (Wildman–Crippen MR) is 123 cm³/mol. The van der Waals surface area contributed by atoms with Crippen molar-refractivity contribution in [3.8, 4) is 0 Å². The first-order valence-electron chi connectivity index (χ1n) is 11.1. The Hall–Kier alpha value is -2.51. The molecule has 1 saturated heterocycles. The summed E-state index contributed by atoms with van der Waals surface area (Å²) in [6, 6.07) is 8.35. The second-order valence-corrected chi connectivity index (χ2v) is 9.72. The number of nitrogens with one attached hydrogen (secondary N) is 2. The molecule has 4 rings (SSSR count). The predicted octanol–water partition coefficient (Wildman–Crippen LogP) is 3.77. The fourth-order valence-electron chi connectivity index (χ4n) is 4.06. The molecule has 1 amide bonds. The maximum Gasteiger partial charge on any atom is 0.238 e. The van der Waals surface area contributed by atoms with Gasteiger partial charge in [-0.05, 0) is 44.9 Å². The molecule has 1 atom stereocenters. The van der Waals surface area contributed by atoms with Gasteiger partial charge in [0.25, 0.3) is 0 Å². The second-order valence-electron chi connectivity index (χ2n) is 9.72. The Kier molecular flexibility index (Phi) is 5.75. The Labute approximate surface area is 184 Å². The largest absolute Gasteiger partial charge is 0.380 e. The Morgan fingerprint density at radius 3 is 2.52 bits per heavy atom. The molecular formula is C24H33N5O2. The molecule has 2 aliphatic heterocycles. The van der Waals surface area contributed by atoms with Crippen molar-refractivity contribution in [2.45, 2.75) is 59.0 Å². The molecular weight excluding hydrogens is 390 g/mol. The number of amides is 1. The molecule has 1 aromatic heterocycles. The molecule has 0 unspecified atom stereocenters. The van der Waals surface area contributed by atoms with Crippen LogP contribution < -0.4 is 15.5 Å². The molecule has 2 N–H and O–H groups in total. The quantitative estimate of drug-likeness (QED) is 0.673. The molecule has 0 saturated carbocycles. The van der Waals surface area contributed by atoms with Crippen LogP contribution in [0.3, 0.4) is 0 Å². The highest BCUT2D eigenvalue weighted by Crippen LogP contribution is 2.41. The van der Waals surface area contributed by atoms with Crippen LogP contribution in [-0.4, -0.2) is 41.7 Å². The van der Waals surface area contributed by atoms with Crippen LogP contribution in [0.15, 0.2) is 30.5 Å². The molecule has 7 heteroatoms. The number of ether oxygens (including phenoxy) is 1. The zero-order valence-corrected chi connectivity index (χ0v) is 19.2. The average Bonchev–Trinajstić information content (AvgIpc) is 2.93. The summed E-state index contributed by atoms with van der Waals surface area (Å²) in [5.74, 6) is 1.31. The summed E-state index contributed by atoms with van der Waals surface area (Å²) in [6.07, 6.45) is 2.66. The van der Waals surface area contributed by atoms with E-state index in [0.717, 1.165) is 49.8 Å². The Bertz CT molecular complexity index is 953. The fraction of sp³-hybridized carbons (Fsp3) is 0.542. The standard InChI is InChI=1S/C24H33N5O2/c1-6-16(2)29-20-19(23(3,4)21(29)30)12-26-22(28-20)27-18-9-7-17(8-10-18)11-25-13-24(5)14-31-15-24/h7-10,12,16,25H,6,11,13-15H2,1-5H3,(H,26,27,28)/t16-/m0/s1. The Morgan fingerprint density at radius 2 is 1.90 bits per heavy atom. The minimum atomic E-state index is -0.603. The average molecular weight is 424 g/mol. The highest BCUT2D eigenvalue weighted by atomic mass is 16.5. The second kappa shape index (κ2) is 8.20.